The van der Waals surface area contributed by atoms with E-state index in [4.69, 9.17) is 0 Å². The van der Waals surface area contributed by atoms with Gasteiger partial charge in [-0.2, -0.15) is 5.10 Å². The third kappa shape index (κ3) is 4.44. The number of anilines is 1. The highest BCUT2D eigenvalue weighted by Gasteiger charge is 2.27. The molecule has 1 amide bonds. The number of nitrogens with zero attached hydrogens (tertiary/aromatic N) is 5. The Labute approximate surface area is 144 Å². The molecule has 0 saturated carbocycles. The molecule has 0 aliphatic carbocycles. The molecule has 3 rings (SSSR count). The van der Waals surface area contributed by atoms with E-state index >= 15 is 0 Å². The zero-order valence-electron chi connectivity index (χ0n) is 14.9. The van der Waals surface area contributed by atoms with Gasteiger partial charge in [0.1, 0.15) is 0 Å². The Kier molecular flexibility index (Phi) is 5.66. The standard InChI is InChI=1S/C18H29N5O/c1-15-11-16(2)13-23(12-15)18(24)14-21-7-4-8-22(10-9-21)17-5-3-6-19-20-17/h3,5-6,15-16H,4,7-14H2,1-2H3/t15-,16-/m1/s1. The topological polar surface area (TPSA) is 52.6 Å². The van der Waals surface area contributed by atoms with E-state index in [0.29, 0.717) is 24.3 Å². The molecular formula is C18H29N5O. The lowest BCUT2D eigenvalue weighted by Crippen LogP contribution is -2.47. The molecule has 2 aliphatic heterocycles. The van der Waals surface area contributed by atoms with Crippen molar-refractivity contribution in [1.29, 1.82) is 0 Å². The lowest BCUT2D eigenvalue weighted by Gasteiger charge is -2.36. The average Bonchev–Trinajstić information content (AvgIpc) is 2.80. The molecule has 0 bridgehead atoms. The number of piperidine rings is 1. The van der Waals surface area contributed by atoms with Gasteiger partial charge in [0.2, 0.25) is 5.91 Å². The molecule has 0 aromatic carbocycles. The van der Waals surface area contributed by atoms with E-state index in [9.17, 15) is 4.79 Å². The van der Waals surface area contributed by atoms with Crippen molar-refractivity contribution in [2.75, 3.05) is 50.7 Å². The van der Waals surface area contributed by atoms with Gasteiger partial charge in [0.25, 0.3) is 0 Å². The maximum absolute atomic E-state index is 12.7. The Balaban J connectivity index is 1.52. The van der Waals surface area contributed by atoms with Crippen LogP contribution in [0, 0.1) is 11.8 Å². The Morgan fingerprint density at radius 3 is 2.67 bits per heavy atom. The van der Waals surface area contributed by atoms with Crippen LogP contribution in [-0.4, -0.2) is 71.7 Å². The fourth-order valence-corrected chi connectivity index (χ4v) is 3.98. The van der Waals surface area contributed by atoms with Crippen molar-refractivity contribution in [1.82, 2.24) is 20.0 Å². The van der Waals surface area contributed by atoms with Crippen LogP contribution in [0.1, 0.15) is 26.7 Å². The van der Waals surface area contributed by atoms with Crippen LogP contribution in [0.25, 0.3) is 0 Å². The smallest absolute Gasteiger partial charge is 0.236 e. The number of rotatable bonds is 3. The van der Waals surface area contributed by atoms with E-state index in [0.717, 1.165) is 51.5 Å². The van der Waals surface area contributed by atoms with Crippen molar-refractivity contribution in [3.8, 4) is 0 Å². The Hall–Kier alpha value is -1.69. The molecule has 0 radical (unpaired) electrons. The summed E-state index contributed by atoms with van der Waals surface area (Å²) in [7, 11) is 0. The summed E-state index contributed by atoms with van der Waals surface area (Å²) in [5.41, 5.74) is 0. The lowest BCUT2D eigenvalue weighted by molar-refractivity contribution is -0.135. The maximum Gasteiger partial charge on any atom is 0.236 e. The van der Waals surface area contributed by atoms with Crippen LogP contribution in [0.5, 0.6) is 0 Å². The van der Waals surface area contributed by atoms with Gasteiger partial charge in [-0.15, -0.1) is 5.10 Å². The molecule has 0 unspecified atom stereocenters. The van der Waals surface area contributed by atoms with E-state index in [-0.39, 0.29) is 0 Å². The number of carbonyl (C=O) groups excluding carboxylic acids is 1. The third-order valence-corrected chi connectivity index (χ3v) is 5.05. The lowest BCUT2D eigenvalue weighted by atomic mass is 9.92. The largest absolute Gasteiger partial charge is 0.354 e. The van der Waals surface area contributed by atoms with Gasteiger partial charge in [-0.25, -0.2) is 0 Å². The first kappa shape index (κ1) is 17.1. The second-order valence-corrected chi connectivity index (χ2v) is 7.44. The van der Waals surface area contributed by atoms with E-state index in [2.05, 4.69) is 38.7 Å². The van der Waals surface area contributed by atoms with Gasteiger partial charge in [-0.1, -0.05) is 13.8 Å². The first-order chi connectivity index (χ1) is 11.6. The first-order valence-corrected chi connectivity index (χ1v) is 9.14. The van der Waals surface area contributed by atoms with E-state index < -0.39 is 0 Å². The highest BCUT2D eigenvalue weighted by atomic mass is 16.2. The molecule has 1 aromatic rings. The van der Waals surface area contributed by atoms with Gasteiger partial charge in [-0.3, -0.25) is 9.69 Å². The molecule has 2 atom stereocenters. The van der Waals surface area contributed by atoms with Crippen LogP contribution < -0.4 is 4.90 Å². The summed E-state index contributed by atoms with van der Waals surface area (Å²) in [5.74, 6) is 2.47. The number of likely N-dealkylation sites (tertiary alicyclic amines) is 1. The molecule has 132 valence electrons. The molecular weight excluding hydrogens is 302 g/mol. The number of hydrogen-bond donors (Lipinski definition) is 0. The highest BCUT2D eigenvalue weighted by Crippen LogP contribution is 2.21. The second kappa shape index (κ2) is 7.92. The molecule has 0 N–H and O–H groups in total. The molecule has 0 spiro atoms. The number of aromatic nitrogens is 2. The molecule has 3 heterocycles. The van der Waals surface area contributed by atoms with Gasteiger partial charge < -0.3 is 9.80 Å². The van der Waals surface area contributed by atoms with Crippen molar-refractivity contribution in [3.63, 3.8) is 0 Å². The predicted octanol–water partition coefficient (Wildman–Crippen LogP) is 1.49. The normalized spacial score (nSPS) is 26.2. The number of hydrogen-bond acceptors (Lipinski definition) is 5. The molecule has 1 aromatic heterocycles. The number of carbonyl (C=O) groups is 1. The second-order valence-electron chi connectivity index (χ2n) is 7.44. The van der Waals surface area contributed by atoms with Crippen molar-refractivity contribution >= 4 is 11.7 Å². The van der Waals surface area contributed by atoms with Crippen LogP contribution in [0.15, 0.2) is 18.3 Å². The third-order valence-electron chi connectivity index (χ3n) is 5.05. The van der Waals surface area contributed by atoms with Crippen molar-refractivity contribution in [3.05, 3.63) is 18.3 Å². The fraction of sp³-hybridized carbons (Fsp3) is 0.722. The summed E-state index contributed by atoms with van der Waals surface area (Å²) in [5, 5.41) is 8.17. The van der Waals surface area contributed by atoms with Crippen LogP contribution in [0.2, 0.25) is 0 Å². The van der Waals surface area contributed by atoms with Gasteiger partial charge in [0.15, 0.2) is 5.82 Å². The molecule has 6 heteroatoms. The minimum Gasteiger partial charge on any atom is -0.354 e. The monoisotopic (exact) mass is 331 g/mol. The SMILES string of the molecule is C[C@@H]1C[C@@H](C)CN(C(=O)CN2CCCN(c3cccnn3)CC2)C1. The van der Waals surface area contributed by atoms with Crippen LogP contribution in [-0.2, 0) is 4.79 Å². The van der Waals surface area contributed by atoms with E-state index in [1.165, 1.54) is 6.42 Å². The van der Waals surface area contributed by atoms with Gasteiger partial charge >= 0.3 is 0 Å². The van der Waals surface area contributed by atoms with E-state index in [1.807, 2.05) is 12.1 Å². The minimum atomic E-state index is 0.293. The number of amides is 1. The summed E-state index contributed by atoms with van der Waals surface area (Å²) >= 11 is 0. The van der Waals surface area contributed by atoms with Crippen molar-refractivity contribution in [2.45, 2.75) is 26.7 Å². The summed E-state index contributed by atoms with van der Waals surface area (Å²) in [6.07, 6.45) is 3.99. The first-order valence-electron chi connectivity index (χ1n) is 9.14. The Bertz CT molecular complexity index is 527. The van der Waals surface area contributed by atoms with Crippen LogP contribution in [0.4, 0.5) is 5.82 Å². The van der Waals surface area contributed by atoms with Crippen molar-refractivity contribution in [2.24, 2.45) is 11.8 Å². The van der Waals surface area contributed by atoms with Gasteiger partial charge in [0.05, 0.1) is 6.54 Å². The summed E-state index contributed by atoms with van der Waals surface area (Å²) in [6, 6.07) is 3.93. The molecule has 6 nitrogen and oxygen atoms in total. The Morgan fingerprint density at radius 1 is 1.17 bits per heavy atom. The maximum atomic E-state index is 12.7. The van der Waals surface area contributed by atoms with Gasteiger partial charge in [-0.05, 0) is 36.8 Å². The predicted molar refractivity (Wildman–Crippen MR) is 94.8 cm³/mol. The zero-order chi connectivity index (χ0) is 16.9. The van der Waals surface area contributed by atoms with Crippen molar-refractivity contribution < 1.29 is 4.79 Å². The van der Waals surface area contributed by atoms with Crippen LogP contribution >= 0.6 is 0 Å². The molecule has 2 saturated heterocycles. The molecule has 2 fully saturated rings. The quantitative estimate of drug-likeness (QED) is 0.840. The van der Waals surface area contributed by atoms with Crippen LogP contribution in [0.3, 0.4) is 0 Å². The average molecular weight is 331 g/mol. The summed E-state index contributed by atoms with van der Waals surface area (Å²) < 4.78 is 0. The molecule has 2 aliphatic rings. The van der Waals surface area contributed by atoms with E-state index in [1.54, 1.807) is 6.20 Å². The fourth-order valence-electron chi connectivity index (χ4n) is 3.98. The zero-order valence-corrected chi connectivity index (χ0v) is 14.9. The van der Waals surface area contributed by atoms with Gasteiger partial charge in [0, 0.05) is 45.5 Å². The summed E-state index contributed by atoms with van der Waals surface area (Å²) in [4.78, 5) is 19.3. The minimum absolute atomic E-state index is 0.293. The summed E-state index contributed by atoms with van der Waals surface area (Å²) in [6.45, 7) is 10.6. The highest BCUT2D eigenvalue weighted by molar-refractivity contribution is 5.78. The molecule has 24 heavy (non-hydrogen) atoms. The Morgan fingerprint density at radius 2 is 1.96 bits per heavy atom.